The van der Waals surface area contributed by atoms with Crippen molar-refractivity contribution >= 4 is 43.3 Å². The van der Waals surface area contributed by atoms with Crippen LogP contribution in [0.2, 0.25) is 0 Å². The summed E-state index contributed by atoms with van der Waals surface area (Å²) in [6.45, 7) is 3.80. The summed E-state index contributed by atoms with van der Waals surface area (Å²) in [5.41, 5.74) is 2.98. The van der Waals surface area contributed by atoms with Crippen molar-refractivity contribution in [1.29, 1.82) is 0 Å². The van der Waals surface area contributed by atoms with Gasteiger partial charge in [-0.2, -0.15) is 0 Å². The number of hydrogen-bond acceptors (Lipinski definition) is 5. The third-order valence-corrected chi connectivity index (χ3v) is 5.35. The highest BCUT2D eigenvalue weighted by Crippen LogP contribution is 2.22. The Morgan fingerprint density at radius 1 is 0.885 bits per heavy atom. The number of anilines is 3. The van der Waals surface area contributed by atoms with Crippen LogP contribution in [0.15, 0.2) is 64.0 Å². The number of aromatic nitrogens is 2. The van der Waals surface area contributed by atoms with Crippen LogP contribution in [-0.4, -0.2) is 18.4 Å². The smallest absolute Gasteiger partial charge is 0.261 e. The van der Waals surface area contributed by atoms with Gasteiger partial charge in [-0.1, -0.05) is 22.0 Å². The summed E-state index contributed by atoms with van der Waals surface area (Å²) >= 11 is 3.28. The molecule has 2 aromatic carbocycles. The van der Waals surface area contributed by atoms with Gasteiger partial charge in [-0.25, -0.2) is 18.4 Å². The van der Waals surface area contributed by atoms with Crippen LogP contribution in [0.25, 0.3) is 0 Å². The lowest BCUT2D eigenvalue weighted by Crippen LogP contribution is -2.12. The van der Waals surface area contributed by atoms with Gasteiger partial charge in [-0.15, -0.1) is 0 Å². The van der Waals surface area contributed by atoms with E-state index in [1.54, 1.807) is 48.5 Å². The Morgan fingerprint density at radius 3 is 2.12 bits per heavy atom. The molecule has 0 atom stereocenters. The lowest BCUT2D eigenvalue weighted by atomic mass is 10.3. The van der Waals surface area contributed by atoms with Crippen molar-refractivity contribution < 1.29 is 8.42 Å². The molecule has 1 heterocycles. The summed E-state index contributed by atoms with van der Waals surface area (Å²) in [5, 5.41) is 3.11. The molecule has 2 N–H and O–H groups in total. The Balaban J connectivity index is 1.75. The summed E-state index contributed by atoms with van der Waals surface area (Å²) in [5.74, 6) is 0.505. The van der Waals surface area contributed by atoms with Crippen molar-refractivity contribution in [3.05, 3.63) is 70.5 Å². The van der Waals surface area contributed by atoms with E-state index in [0.29, 0.717) is 16.1 Å². The molecule has 0 saturated carbocycles. The van der Waals surface area contributed by atoms with E-state index < -0.39 is 10.0 Å². The first-order valence-corrected chi connectivity index (χ1v) is 10.1. The predicted molar refractivity (Wildman–Crippen MR) is 106 cm³/mol. The highest BCUT2D eigenvalue weighted by molar-refractivity contribution is 9.10. The van der Waals surface area contributed by atoms with Gasteiger partial charge in [0.15, 0.2) is 0 Å². The van der Waals surface area contributed by atoms with E-state index >= 15 is 0 Å². The molecule has 0 amide bonds. The molecule has 0 saturated heterocycles. The van der Waals surface area contributed by atoms with Crippen LogP contribution in [-0.2, 0) is 10.0 Å². The first-order valence-electron chi connectivity index (χ1n) is 7.80. The van der Waals surface area contributed by atoms with E-state index in [1.165, 1.54) is 0 Å². The summed E-state index contributed by atoms with van der Waals surface area (Å²) in [6.07, 6.45) is 0. The standard InChI is InChI=1S/C18H17BrN4O2S/c1-12-10-13(2)21-18(20-12)22-15-6-8-16(9-7-15)23-26(24,25)17-5-3-4-14(19)11-17/h3-11,23H,1-2H3,(H,20,21,22). The zero-order valence-corrected chi connectivity index (χ0v) is 16.6. The second-order valence-electron chi connectivity index (χ2n) is 5.74. The van der Waals surface area contributed by atoms with E-state index in [9.17, 15) is 8.42 Å². The van der Waals surface area contributed by atoms with Crippen molar-refractivity contribution in [1.82, 2.24) is 9.97 Å². The molecule has 0 radical (unpaired) electrons. The van der Waals surface area contributed by atoms with E-state index in [-0.39, 0.29) is 4.90 Å². The van der Waals surface area contributed by atoms with Crippen molar-refractivity contribution in [2.24, 2.45) is 0 Å². The van der Waals surface area contributed by atoms with Crippen LogP contribution in [0.1, 0.15) is 11.4 Å². The van der Waals surface area contributed by atoms with Gasteiger partial charge < -0.3 is 5.32 Å². The minimum atomic E-state index is -3.64. The molecule has 0 fully saturated rings. The zero-order chi connectivity index (χ0) is 18.7. The number of nitrogens with one attached hydrogen (secondary N) is 2. The highest BCUT2D eigenvalue weighted by Gasteiger charge is 2.14. The molecule has 0 unspecified atom stereocenters. The van der Waals surface area contributed by atoms with Gasteiger partial charge in [0.05, 0.1) is 4.90 Å². The van der Waals surface area contributed by atoms with Crippen LogP contribution in [0, 0.1) is 13.8 Å². The normalized spacial score (nSPS) is 11.2. The molecular weight excluding hydrogens is 416 g/mol. The average Bonchev–Trinajstić information content (AvgIpc) is 2.55. The Morgan fingerprint density at radius 2 is 1.50 bits per heavy atom. The third-order valence-electron chi connectivity index (χ3n) is 3.48. The van der Waals surface area contributed by atoms with E-state index in [1.807, 2.05) is 19.9 Å². The summed E-state index contributed by atoms with van der Waals surface area (Å²) < 4.78 is 28.1. The molecule has 0 aliphatic rings. The maximum atomic E-state index is 12.4. The largest absolute Gasteiger partial charge is 0.324 e. The monoisotopic (exact) mass is 432 g/mol. The molecule has 26 heavy (non-hydrogen) atoms. The Bertz CT molecular complexity index is 1020. The van der Waals surface area contributed by atoms with Gasteiger partial charge in [-0.05, 0) is 62.4 Å². The number of hydrogen-bond donors (Lipinski definition) is 2. The quantitative estimate of drug-likeness (QED) is 0.623. The predicted octanol–water partition coefficient (Wildman–Crippen LogP) is 4.40. The second-order valence-corrected chi connectivity index (χ2v) is 8.34. The Labute approximate surface area is 160 Å². The first-order chi connectivity index (χ1) is 12.3. The number of nitrogens with zero attached hydrogens (tertiary/aromatic N) is 2. The second kappa shape index (κ2) is 7.43. The van der Waals surface area contributed by atoms with Gasteiger partial charge in [0, 0.05) is 27.2 Å². The first kappa shape index (κ1) is 18.3. The maximum absolute atomic E-state index is 12.4. The van der Waals surface area contributed by atoms with Crippen molar-refractivity contribution in [2.45, 2.75) is 18.7 Å². The van der Waals surface area contributed by atoms with E-state index in [0.717, 1.165) is 17.1 Å². The minimum Gasteiger partial charge on any atom is -0.324 e. The van der Waals surface area contributed by atoms with Gasteiger partial charge in [0.1, 0.15) is 0 Å². The van der Waals surface area contributed by atoms with Crippen molar-refractivity contribution in [2.75, 3.05) is 10.0 Å². The molecule has 3 rings (SSSR count). The summed E-state index contributed by atoms with van der Waals surface area (Å²) in [6, 6.07) is 15.3. The molecule has 0 aliphatic carbocycles. The van der Waals surface area contributed by atoms with Crippen LogP contribution < -0.4 is 10.0 Å². The SMILES string of the molecule is Cc1cc(C)nc(Nc2ccc(NS(=O)(=O)c3cccc(Br)c3)cc2)n1. The summed E-state index contributed by atoms with van der Waals surface area (Å²) in [7, 11) is -3.64. The average molecular weight is 433 g/mol. The van der Waals surface area contributed by atoms with Gasteiger partial charge >= 0.3 is 0 Å². The zero-order valence-electron chi connectivity index (χ0n) is 14.2. The molecule has 134 valence electrons. The topological polar surface area (TPSA) is 84.0 Å². The van der Waals surface area contributed by atoms with Crippen molar-refractivity contribution in [3.63, 3.8) is 0 Å². The maximum Gasteiger partial charge on any atom is 0.261 e. The fourth-order valence-corrected chi connectivity index (χ4v) is 4.04. The summed E-state index contributed by atoms with van der Waals surface area (Å²) in [4.78, 5) is 8.83. The molecule has 0 spiro atoms. The van der Waals surface area contributed by atoms with Crippen LogP contribution >= 0.6 is 15.9 Å². The number of aryl methyl sites for hydroxylation is 2. The van der Waals surface area contributed by atoms with Crippen LogP contribution in [0.4, 0.5) is 17.3 Å². The van der Waals surface area contributed by atoms with Gasteiger partial charge in [-0.3, -0.25) is 4.72 Å². The third kappa shape index (κ3) is 4.59. The highest BCUT2D eigenvalue weighted by atomic mass is 79.9. The molecule has 8 heteroatoms. The van der Waals surface area contributed by atoms with Crippen LogP contribution in [0.3, 0.4) is 0 Å². The minimum absolute atomic E-state index is 0.192. The lowest BCUT2D eigenvalue weighted by Gasteiger charge is -2.10. The van der Waals surface area contributed by atoms with Gasteiger partial charge in [0.2, 0.25) is 5.95 Å². The lowest BCUT2D eigenvalue weighted by molar-refractivity contribution is 0.601. The fourth-order valence-electron chi connectivity index (χ4n) is 2.38. The number of sulfonamides is 1. The van der Waals surface area contributed by atoms with Gasteiger partial charge in [0.25, 0.3) is 10.0 Å². The molecule has 0 aliphatic heterocycles. The molecular formula is C18H17BrN4O2S. The molecule has 1 aromatic heterocycles. The number of benzene rings is 2. The van der Waals surface area contributed by atoms with E-state index in [4.69, 9.17) is 0 Å². The van der Waals surface area contributed by atoms with Crippen molar-refractivity contribution in [3.8, 4) is 0 Å². The Kier molecular flexibility index (Phi) is 5.24. The number of rotatable bonds is 5. The van der Waals surface area contributed by atoms with E-state index in [2.05, 4.69) is 35.9 Å². The molecule has 6 nitrogen and oxygen atoms in total. The molecule has 3 aromatic rings. The number of halogens is 1. The Hall–Kier alpha value is -2.45. The fraction of sp³-hybridized carbons (Fsp3) is 0.111. The van der Waals surface area contributed by atoms with Crippen LogP contribution in [0.5, 0.6) is 0 Å². The molecule has 0 bridgehead atoms.